The predicted octanol–water partition coefficient (Wildman–Crippen LogP) is 2.33. The number of alkyl halides is 2. The Morgan fingerprint density at radius 2 is 2.16 bits per heavy atom. The minimum Gasteiger partial charge on any atom is -0.395 e. The van der Waals surface area contributed by atoms with Crippen LogP contribution >= 0.6 is 0 Å². The molecule has 0 aliphatic carbocycles. The lowest BCUT2D eigenvalue weighted by molar-refractivity contribution is -0.286. The number of nitrogens with one attached hydrogen (secondary N) is 1. The fourth-order valence-electron chi connectivity index (χ4n) is 2.40. The summed E-state index contributed by atoms with van der Waals surface area (Å²) in [5.74, 6) is -0.211. The van der Waals surface area contributed by atoms with Gasteiger partial charge in [-0.25, -0.2) is 0 Å². The van der Waals surface area contributed by atoms with E-state index in [1.165, 1.54) is 18.2 Å². The summed E-state index contributed by atoms with van der Waals surface area (Å²) in [6.07, 6.45) is -1.24. The molecule has 0 radical (unpaired) electrons. The van der Waals surface area contributed by atoms with Crippen molar-refractivity contribution in [1.29, 1.82) is 0 Å². The molecule has 6 heteroatoms. The summed E-state index contributed by atoms with van der Waals surface area (Å²) in [5, 5.41) is 3.23. The van der Waals surface area contributed by atoms with Crippen LogP contribution in [0.4, 0.5) is 8.78 Å². The Kier molecular flexibility index (Phi) is 2.89. The lowest BCUT2D eigenvalue weighted by atomic mass is 10.0. The van der Waals surface area contributed by atoms with Crippen molar-refractivity contribution < 1.29 is 23.0 Å². The summed E-state index contributed by atoms with van der Waals surface area (Å²) < 4.78 is 34.3. The number of Topliss-reactive ketones (excluding diaryl/α,β-unsaturated/α-hetero) is 1. The summed E-state index contributed by atoms with van der Waals surface area (Å²) in [7, 11) is 0. The standard InChI is InChI=1S/C13H13F2NO3/c14-13(15)18-11-4-3-8(6-12(11)19-13)10(17)7-9-2-1-5-16-9/h3-4,6,9,16H,1-2,5,7H2. The first kappa shape index (κ1) is 12.3. The largest absolute Gasteiger partial charge is 0.586 e. The summed E-state index contributed by atoms with van der Waals surface area (Å²) in [6, 6.07) is 4.32. The SMILES string of the molecule is O=C(CC1CCCN1)c1ccc2c(c1)OC(F)(F)O2. The van der Waals surface area contributed by atoms with Crippen LogP contribution in [0, 0.1) is 0 Å². The second-order valence-corrected chi connectivity index (χ2v) is 4.75. The molecule has 1 fully saturated rings. The number of ether oxygens (including phenoxy) is 2. The van der Waals surface area contributed by atoms with Gasteiger partial charge in [0.05, 0.1) is 0 Å². The van der Waals surface area contributed by atoms with Gasteiger partial charge in [-0.2, -0.15) is 0 Å². The van der Waals surface area contributed by atoms with Crippen LogP contribution in [-0.2, 0) is 0 Å². The average molecular weight is 269 g/mol. The quantitative estimate of drug-likeness (QED) is 0.856. The third-order valence-corrected chi connectivity index (χ3v) is 3.32. The van der Waals surface area contributed by atoms with Gasteiger partial charge >= 0.3 is 6.29 Å². The highest BCUT2D eigenvalue weighted by Crippen LogP contribution is 2.41. The van der Waals surface area contributed by atoms with Crippen molar-refractivity contribution >= 4 is 5.78 Å². The van der Waals surface area contributed by atoms with Gasteiger partial charge in [-0.15, -0.1) is 8.78 Å². The van der Waals surface area contributed by atoms with Gasteiger partial charge in [0.2, 0.25) is 0 Å². The Morgan fingerprint density at radius 1 is 1.37 bits per heavy atom. The number of fused-ring (bicyclic) bond motifs is 1. The topological polar surface area (TPSA) is 47.6 Å². The van der Waals surface area contributed by atoms with E-state index in [0.717, 1.165) is 19.4 Å². The molecule has 2 aliphatic heterocycles. The first-order chi connectivity index (χ1) is 9.03. The normalized spacial score (nSPS) is 23.6. The molecule has 102 valence electrons. The lowest BCUT2D eigenvalue weighted by Crippen LogP contribution is -2.26. The maximum absolute atomic E-state index is 12.9. The first-order valence-corrected chi connectivity index (χ1v) is 6.20. The fraction of sp³-hybridized carbons (Fsp3) is 0.462. The summed E-state index contributed by atoms with van der Waals surface area (Å²) in [4.78, 5) is 12.0. The molecule has 1 atom stereocenters. The molecule has 0 spiro atoms. The Morgan fingerprint density at radius 3 is 2.89 bits per heavy atom. The van der Waals surface area contributed by atoms with Gasteiger partial charge in [0.25, 0.3) is 0 Å². The molecule has 1 aromatic rings. The van der Waals surface area contributed by atoms with E-state index in [4.69, 9.17) is 0 Å². The number of benzene rings is 1. The molecule has 0 saturated carbocycles. The Balaban J connectivity index is 1.74. The van der Waals surface area contributed by atoms with Crippen molar-refractivity contribution in [1.82, 2.24) is 5.32 Å². The summed E-state index contributed by atoms with van der Waals surface area (Å²) in [5.41, 5.74) is 0.369. The van der Waals surface area contributed by atoms with E-state index in [1.54, 1.807) is 0 Å². The molecule has 0 amide bonds. The maximum atomic E-state index is 12.9. The Labute approximate surface area is 108 Å². The molecule has 0 bridgehead atoms. The van der Waals surface area contributed by atoms with E-state index < -0.39 is 6.29 Å². The number of carbonyl (C=O) groups excluding carboxylic acids is 1. The monoisotopic (exact) mass is 269 g/mol. The van der Waals surface area contributed by atoms with Gasteiger partial charge in [0.1, 0.15) is 0 Å². The number of halogens is 2. The van der Waals surface area contributed by atoms with Gasteiger partial charge in [-0.1, -0.05) is 0 Å². The molecule has 3 rings (SSSR count). The highest BCUT2D eigenvalue weighted by molar-refractivity contribution is 5.97. The number of ketones is 1. The van der Waals surface area contributed by atoms with Crippen LogP contribution in [0.2, 0.25) is 0 Å². The third-order valence-electron chi connectivity index (χ3n) is 3.32. The van der Waals surface area contributed by atoms with Gasteiger partial charge in [0, 0.05) is 18.0 Å². The zero-order chi connectivity index (χ0) is 13.5. The molecule has 2 heterocycles. The molecular weight excluding hydrogens is 256 g/mol. The average Bonchev–Trinajstić information content (AvgIpc) is 2.93. The molecule has 2 aliphatic rings. The van der Waals surface area contributed by atoms with E-state index in [0.29, 0.717) is 12.0 Å². The number of hydrogen-bond donors (Lipinski definition) is 1. The van der Waals surface area contributed by atoms with Gasteiger partial charge in [0.15, 0.2) is 17.3 Å². The van der Waals surface area contributed by atoms with Crippen LogP contribution < -0.4 is 14.8 Å². The van der Waals surface area contributed by atoms with Crippen LogP contribution in [0.5, 0.6) is 11.5 Å². The molecular formula is C13H13F2NO3. The Hall–Kier alpha value is -1.69. The highest BCUT2D eigenvalue weighted by Gasteiger charge is 2.43. The second-order valence-electron chi connectivity index (χ2n) is 4.75. The van der Waals surface area contributed by atoms with E-state index in [1.807, 2.05) is 0 Å². The molecule has 19 heavy (non-hydrogen) atoms. The van der Waals surface area contributed by atoms with Gasteiger partial charge < -0.3 is 14.8 Å². The van der Waals surface area contributed by atoms with Crippen molar-refractivity contribution in [3.05, 3.63) is 23.8 Å². The third kappa shape index (κ3) is 2.53. The lowest BCUT2D eigenvalue weighted by Gasteiger charge is -2.09. The number of carbonyl (C=O) groups is 1. The smallest absolute Gasteiger partial charge is 0.395 e. The van der Waals surface area contributed by atoms with Crippen LogP contribution in [0.3, 0.4) is 0 Å². The van der Waals surface area contributed by atoms with E-state index >= 15 is 0 Å². The highest BCUT2D eigenvalue weighted by atomic mass is 19.3. The summed E-state index contributed by atoms with van der Waals surface area (Å²) >= 11 is 0. The molecule has 1 unspecified atom stereocenters. The summed E-state index contributed by atoms with van der Waals surface area (Å²) in [6.45, 7) is 0.922. The zero-order valence-electron chi connectivity index (χ0n) is 10.1. The molecule has 1 aromatic carbocycles. The predicted molar refractivity (Wildman–Crippen MR) is 62.6 cm³/mol. The number of rotatable bonds is 3. The minimum absolute atomic E-state index is 0.0412. The molecule has 0 aromatic heterocycles. The van der Waals surface area contributed by atoms with Crippen LogP contribution in [0.25, 0.3) is 0 Å². The van der Waals surface area contributed by atoms with Gasteiger partial charge in [-0.3, -0.25) is 4.79 Å². The molecule has 1 N–H and O–H groups in total. The van der Waals surface area contributed by atoms with E-state index in [9.17, 15) is 13.6 Å². The molecule has 4 nitrogen and oxygen atoms in total. The fourth-order valence-corrected chi connectivity index (χ4v) is 2.40. The van der Waals surface area contributed by atoms with Crippen LogP contribution in [0.15, 0.2) is 18.2 Å². The van der Waals surface area contributed by atoms with Crippen LogP contribution in [-0.4, -0.2) is 24.7 Å². The van der Waals surface area contributed by atoms with Crippen molar-refractivity contribution in [3.8, 4) is 11.5 Å². The second kappa shape index (κ2) is 4.45. The van der Waals surface area contributed by atoms with Gasteiger partial charge in [-0.05, 0) is 37.6 Å². The maximum Gasteiger partial charge on any atom is 0.586 e. The number of hydrogen-bond acceptors (Lipinski definition) is 4. The molecule has 1 saturated heterocycles. The van der Waals surface area contributed by atoms with E-state index in [2.05, 4.69) is 14.8 Å². The Bertz CT molecular complexity index is 513. The van der Waals surface area contributed by atoms with Crippen molar-refractivity contribution in [2.75, 3.05) is 6.54 Å². The van der Waals surface area contributed by atoms with Crippen LogP contribution in [0.1, 0.15) is 29.6 Å². The van der Waals surface area contributed by atoms with Crippen molar-refractivity contribution in [3.63, 3.8) is 0 Å². The zero-order valence-corrected chi connectivity index (χ0v) is 10.1. The van der Waals surface area contributed by atoms with E-state index in [-0.39, 0.29) is 23.3 Å². The van der Waals surface area contributed by atoms with Crippen molar-refractivity contribution in [2.45, 2.75) is 31.6 Å². The van der Waals surface area contributed by atoms with Crippen molar-refractivity contribution in [2.24, 2.45) is 0 Å². The minimum atomic E-state index is -3.64. The first-order valence-electron chi connectivity index (χ1n) is 6.20.